The van der Waals surface area contributed by atoms with E-state index in [0.717, 1.165) is 28.8 Å². The molecule has 4 rings (SSSR count). The minimum Gasteiger partial charge on any atom is -0.492 e. The maximum absolute atomic E-state index is 13.3. The summed E-state index contributed by atoms with van der Waals surface area (Å²) in [5.41, 5.74) is 3.85. The maximum Gasteiger partial charge on any atom is 0.292 e. The molecule has 2 aliphatic rings. The van der Waals surface area contributed by atoms with Gasteiger partial charge in [-0.2, -0.15) is 0 Å². The summed E-state index contributed by atoms with van der Waals surface area (Å²) < 4.78 is 17.6. The van der Waals surface area contributed by atoms with Crippen LogP contribution in [0.25, 0.3) is 0 Å². The lowest BCUT2D eigenvalue weighted by molar-refractivity contribution is -0.256. The van der Waals surface area contributed by atoms with E-state index in [1.54, 1.807) is 11.0 Å². The Bertz CT molecular complexity index is 892. The summed E-state index contributed by atoms with van der Waals surface area (Å²) in [4.78, 5) is 15.1. The monoisotopic (exact) mass is 401 g/mol. The standard InChI is InChI=1S/C22H24ClNO4/c1-15-13-16(2)20-17(14-15)22(27-11-6-12-28-22)21(25)24(20)9-5-10-26-19-8-4-3-7-18(19)23/h3-4,7-8,13-14H,5-6,9-12H2,1-2H3. The largest absolute Gasteiger partial charge is 0.492 e. The fraction of sp³-hybridized carbons (Fsp3) is 0.409. The number of benzene rings is 2. The van der Waals surface area contributed by atoms with Crippen molar-refractivity contribution >= 4 is 23.2 Å². The SMILES string of the molecule is Cc1cc(C)c2c(c1)C1(OCCCO1)C(=O)N2CCCOc1ccccc1Cl. The Balaban J connectivity index is 1.53. The average Bonchev–Trinajstić information content (AvgIpc) is 2.90. The van der Waals surface area contributed by atoms with Crippen LogP contribution in [0.2, 0.25) is 5.02 Å². The van der Waals surface area contributed by atoms with Crippen LogP contribution in [0.5, 0.6) is 5.75 Å². The van der Waals surface area contributed by atoms with Crippen LogP contribution >= 0.6 is 11.6 Å². The molecule has 1 fully saturated rings. The summed E-state index contributed by atoms with van der Waals surface area (Å²) >= 11 is 6.13. The van der Waals surface area contributed by atoms with E-state index in [1.807, 2.05) is 38.1 Å². The molecular weight excluding hydrogens is 378 g/mol. The van der Waals surface area contributed by atoms with Crippen LogP contribution in [0, 0.1) is 13.8 Å². The molecule has 6 heteroatoms. The molecule has 0 aromatic heterocycles. The minimum atomic E-state index is -1.30. The number of aryl methyl sites for hydroxylation is 2. The quantitative estimate of drug-likeness (QED) is 0.698. The Morgan fingerprint density at radius 1 is 1.18 bits per heavy atom. The topological polar surface area (TPSA) is 48.0 Å². The highest BCUT2D eigenvalue weighted by molar-refractivity contribution is 6.32. The van der Waals surface area contributed by atoms with Crippen molar-refractivity contribution in [2.24, 2.45) is 0 Å². The zero-order chi connectivity index (χ0) is 19.7. The van der Waals surface area contributed by atoms with Crippen molar-refractivity contribution in [3.05, 3.63) is 58.1 Å². The highest BCUT2D eigenvalue weighted by Crippen LogP contribution is 2.47. The van der Waals surface area contributed by atoms with Gasteiger partial charge in [-0.05, 0) is 50.5 Å². The number of anilines is 1. The predicted molar refractivity (Wildman–Crippen MR) is 108 cm³/mol. The third kappa shape index (κ3) is 3.28. The molecule has 1 saturated heterocycles. The molecule has 1 amide bonds. The summed E-state index contributed by atoms with van der Waals surface area (Å²) in [6.45, 7) is 6.06. The summed E-state index contributed by atoms with van der Waals surface area (Å²) in [5, 5.41) is 0.583. The van der Waals surface area contributed by atoms with Crippen LogP contribution in [-0.2, 0) is 20.1 Å². The maximum atomic E-state index is 13.3. The highest BCUT2D eigenvalue weighted by Gasteiger charge is 2.55. The first-order valence-corrected chi connectivity index (χ1v) is 9.99. The average molecular weight is 402 g/mol. The Kier molecular flexibility index (Phi) is 5.32. The lowest BCUT2D eigenvalue weighted by atomic mass is 10.00. The third-order valence-corrected chi connectivity index (χ3v) is 5.43. The molecule has 2 heterocycles. The molecule has 0 saturated carbocycles. The fourth-order valence-corrected chi connectivity index (χ4v) is 4.15. The molecule has 5 nitrogen and oxygen atoms in total. The lowest BCUT2D eigenvalue weighted by Gasteiger charge is -2.32. The summed E-state index contributed by atoms with van der Waals surface area (Å²) in [7, 11) is 0. The Morgan fingerprint density at radius 2 is 1.93 bits per heavy atom. The number of para-hydroxylation sites is 1. The number of hydrogen-bond donors (Lipinski definition) is 0. The number of hydrogen-bond acceptors (Lipinski definition) is 4. The molecule has 148 valence electrons. The van der Waals surface area contributed by atoms with Gasteiger partial charge in [0, 0.05) is 12.1 Å². The van der Waals surface area contributed by atoms with E-state index in [2.05, 4.69) is 6.07 Å². The smallest absolute Gasteiger partial charge is 0.292 e. The van der Waals surface area contributed by atoms with Crippen LogP contribution in [0.4, 0.5) is 5.69 Å². The van der Waals surface area contributed by atoms with Crippen molar-refractivity contribution in [1.82, 2.24) is 0 Å². The van der Waals surface area contributed by atoms with Crippen LogP contribution in [-0.4, -0.2) is 32.3 Å². The summed E-state index contributed by atoms with van der Waals surface area (Å²) in [6.07, 6.45) is 1.46. The summed E-state index contributed by atoms with van der Waals surface area (Å²) in [5.74, 6) is -0.790. The number of ether oxygens (including phenoxy) is 3. The Hall–Kier alpha value is -2.08. The molecule has 2 aromatic carbocycles. The van der Waals surface area contributed by atoms with E-state index in [-0.39, 0.29) is 5.91 Å². The van der Waals surface area contributed by atoms with Crippen molar-refractivity contribution in [1.29, 1.82) is 0 Å². The van der Waals surface area contributed by atoms with Gasteiger partial charge in [-0.1, -0.05) is 35.4 Å². The number of rotatable bonds is 5. The van der Waals surface area contributed by atoms with E-state index in [0.29, 0.717) is 43.6 Å². The molecule has 2 aromatic rings. The fourth-order valence-electron chi connectivity index (χ4n) is 3.95. The second-order valence-electron chi connectivity index (χ2n) is 7.23. The minimum absolute atomic E-state index is 0.145. The lowest BCUT2D eigenvalue weighted by Crippen LogP contribution is -2.47. The van der Waals surface area contributed by atoms with E-state index in [1.165, 1.54) is 0 Å². The first-order valence-electron chi connectivity index (χ1n) is 9.62. The van der Waals surface area contributed by atoms with Gasteiger partial charge >= 0.3 is 0 Å². The van der Waals surface area contributed by atoms with Gasteiger partial charge in [0.15, 0.2) is 0 Å². The van der Waals surface area contributed by atoms with Crippen LogP contribution < -0.4 is 9.64 Å². The van der Waals surface area contributed by atoms with Crippen molar-refractivity contribution in [2.75, 3.05) is 31.3 Å². The number of halogens is 1. The predicted octanol–water partition coefficient (Wildman–Crippen LogP) is 4.36. The molecule has 1 spiro atoms. The van der Waals surface area contributed by atoms with Crippen molar-refractivity contribution in [3.63, 3.8) is 0 Å². The number of amides is 1. The molecule has 0 aliphatic carbocycles. The van der Waals surface area contributed by atoms with Crippen LogP contribution in [0.1, 0.15) is 29.5 Å². The van der Waals surface area contributed by atoms with Crippen molar-refractivity contribution in [2.45, 2.75) is 32.5 Å². The van der Waals surface area contributed by atoms with Crippen LogP contribution in [0.3, 0.4) is 0 Å². The molecule has 2 aliphatic heterocycles. The van der Waals surface area contributed by atoms with Gasteiger partial charge in [0.1, 0.15) is 5.75 Å². The van der Waals surface area contributed by atoms with E-state index >= 15 is 0 Å². The molecule has 0 atom stereocenters. The van der Waals surface area contributed by atoms with E-state index in [9.17, 15) is 4.79 Å². The molecular formula is C22H24ClNO4. The Morgan fingerprint density at radius 3 is 2.68 bits per heavy atom. The van der Waals surface area contributed by atoms with Gasteiger partial charge in [0.05, 0.1) is 30.5 Å². The number of carbonyl (C=O) groups excluding carboxylic acids is 1. The molecule has 0 radical (unpaired) electrons. The Labute approximate surface area is 170 Å². The second-order valence-corrected chi connectivity index (χ2v) is 7.64. The van der Waals surface area contributed by atoms with Gasteiger partial charge in [-0.3, -0.25) is 4.79 Å². The molecule has 0 N–H and O–H groups in total. The van der Waals surface area contributed by atoms with Gasteiger partial charge in [0.2, 0.25) is 0 Å². The normalized spacial score (nSPS) is 17.8. The number of carbonyl (C=O) groups is 1. The van der Waals surface area contributed by atoms with Crippen LogP contribution in [0.15, 0.2) is 36.4 Å². The molecule has 28 heavy (non-hydrogen) atoms. The first-order chi connectivity index (χ1) is 13.5. The first kappa shape index (κ1) is 19.2. The van der Waals surface area contributed by atoms with Gasteiger partial charge in [-0.25, -0.2) is 0 Å². The summed E-state index contributed by atoms with van der Waals surface area (Å²) in [6, 6.07) is 11.5. The molecule has 0 bridgehead atoms. The number of nitrogens with zero attached hydrogens (tertiary/aromatic N) is 1. The third-order valence-electron chi connectivity index (χ3n) is 5.12. The van der Waals surface area contributed by atoms with Gasteiger partial charge < -0.3 is 19.1 Å². The van der Waals surface area contributed by atoms with Crippen molar-refractivity contribution in [3.8, 4) is 5.75 Å². The molecule has 0 unspecified atom stereocenters. The zero-order valence-corrected chi connectivity index (χ0v) is 16.9. The van der Waals surface area contributed by atoms with E-state index < -0.39 is 5.79 Å². The second kappa shape index (κ2) is 7.74. The van der Waals surface area contributed by atoms with E-state index in [4.69, 9.17) is 25.8 Å². The highest BCUT2D eigenvalue weighted by atomic mass is 35.5. The van der Waals surface area contributed by atoms with Crippen molar-refractivity contribution < 1.29 is 19.0 Å². The van der Waals surface area contributed by atoms with Gasteiger partial charge in [-0.15, -0.1) is 0 Å². The van der Waals surface area contributed by atoms with Gasteiger partial charge in [0.25, 0.3) is 11.7 Å². The zero-order valence-electron chi connectivity index (χ0n) is 16.2. The number of fused-ring (bicyclic) bond motifs is 2.